The molecule has 1 saturated carbocycles. The maximum atomic E-state index is 12.8. The summed E-state index contributed by atoms with van der Waals surface area (Å²) in [4.78, 5) is 0. The van der Waals surface area contributed by atoms with E-state index in [1.165, 1.54) is 12.8 Å². The third-order valence-electron chi connectivity index (χ3n) is 5.19. The van der Waals surface area contributed by atoms with Gasteiger partial charge in [0.15, 0.2) is 9.84 Å². The molecule has 1 aromatic carbocycles. The minimum absolute atomic E-state index is 0.0764. The van der Waals surface area contributed by atoms with E-state index in [9.17, 15) is 8.42 Å². The monoisotopic (exact) mass is 424 g/mol. The molecule has 0 saturated heterocycles. The van der Waals surface area contributed by atoms with E-state index in [2.05, 4.69) is 41.5 Å². The lowest BCUT2D eigenvalue weighted by Gasteiger charge is -2.31. The van der Waals surface area contributed by atoms with Crippen LogP contribution in [0.2, 0.25) is 0 Å². The van der Waals surface area contributed by atoms with Crippen LogP contribution in [-0.2, 0) is 14.6 Å². The molecule has 1 aromatic rings. The Morgan fingerprint density at radius 1 is 1.10 bits per heavy atom. The topological polar surface area (TPSA) is 52.6 Å². The maximum absolute atomic E-state index is 12.8. The third kappa shape index (κ3) is 9.52. The van der Waals surface area contributed by atoms with Crippen LogP contribution in [-0.4, -0.2) is 39.7 Å². The van der Waals surface area contributed by atoms with E-state index in [1.54, 1.807) is 0 Å². The quantitative estimate of drug-likeness (QED) is 0.442. The van der Waals surface area contributed by atoms with Crippen molar-refractivity contribution in [3.63, 3.8) is 0 Å². The van der Waals surface area contributed by atoms with Crippen LogP contribution in [0, 0.1) is 16.7 Å². The maximum Gasteiger partial charge on any atom is 0.151 e. The van der Waals surface area contributed by atoms with Crippen LogP contribution >= 0.6 is 0 Å². The van der Waals surface area contributed by atoms with Crippen molar-refractivity contribution in [2.24, 2.45) is 16.7 Å². The summed E-state index contributed by atoms with van der Waals surface area (Å²) in [7, 11) is -3.18. The molecule has 1 aliphatic rings. The first-order valence-electron chi connectivity index (χ1n) is 10.9. The van der Waals surface area contributed by atoms with Crippen molar-refractivity contribution in [3.05, 3.63) is 29.8 Å². The molecule has 1 aliphatic carbocycles. The molecular formula is C24H40O4S. The summed E-state index contributed by atoms with van der Waals surface area (Å²) < 4.78 is 37.2. The summed E-state index contributed by atoms with van der Waals surface area (Å²) in [5.41, 5.74) is 0.978. The molecule has 4 nitrogen and oxygen atoms in total. The summed E-state index contributed by atoms with van der Waals surface area (Å²) in [6.45, 7) is 14.6. The first-order valence-corrected chi connectivity index (χ1v) is 12.7. The Kier molecular flexibility index (Phi) is 8.20. The van der Waals surface area contributed by atoms with Crippen LogP contribution in [0.1, 0.15) is 72.3 Å². The van der Waals surface area contributed by atoms with Gasteiger partial charge in [0.25, 0.3) is 0 Å². The molecule has 0 amide bonds. The summed E-state index contributed by atoms with van der Waals surface area (Å²) in [6.07, 6.45) is 3.05. The second kappa shape index (κ2) is 9.82. The Morgan fingerprint density at radius 2 is 1.79 bits per heavy atom. The normalized spacial score (nSPS) is 16.6. The Labute approximate surface area is 178 Å². The van der Waals surface area contributed by atoms with E-state index in [0.29, 0.717) is 25.6 Å². The summed E-state index contributed by atoms with van der Waals surface area (Å²) in [5, 5.41) is 0. The molecular weight excluding hydrogens is 384 g/mol. The van der Waals surface area contributed by atoms with Crippen molar-refractivity contribution < 1.29 is 17.9 Å². The molecule has 1 unspecified atom stereocenters. The van der Waals surface area contributed by atoms with Crippen molar-refractivity contribution >= 4 is 9.84 Å². The fraction of sp³-hybridized carbons (Fsp3) is 0.750. The Hall–Kier alpha value is -1.07. The van der Waals surface area contributed by atoms with Crippen molar-refractivity contribution in [2.75, 3.05) is 31.3 Å². The molecule has 5 heteroatoms. The second-order valence-electron chi connectivity index (χ2n) is 10.8. The number of hydrogen-bond donors (Lipinski definition) is 0. The highest BCUT2D eigenvalue weighted by Gasteiger charge is 2.31. The smallest absolute Gasteiger partial charge is 0.151 e. The highest BCUT2D eigenvalue weighted by Crippen LogP contribution is 2.38. The number of benzene rings is 1. The molecule has 2 rings (SSSR count). The van der Waals surface area contributed by atoms with Crippen LogP contribution in [0.25, 0.3) is 0 Å². The van der Waals surface area contributed by atoms with E-state index in [0.717, 1.165) is 17.9 Å². The highest BCUT2D eigenvalue weighted by molar-refractivity contribution is 7.91. The number of rotatable bonds is 11. The van der Waals surface area contributed by atoms with Crippen molar-refractivity contribution in [1.29, 1.82) is 0 Å². The minimum Gasteiger partial charge on any atom is -0.493 e. The molecule has 166 valence electrons. The van der Waals surface area contributed by atoms with Gasteiger partial charge in [-0.1, -0.05) is 53.7 Å². The molecule has 1 atom stereocenters. The zero-order valence-electron chi connectivity index (χ0n) is 19.2. The lowest BCUT2D eigenvalue weighted by atomic mass is 9.77. The van der Waals surface area contributed by atoms with Crippen LogP contribution in [0.4, 0.5) is 0 Å². The van der Waals surface area contributed by atoms with Gasteiger partial charge in [0.1, 0.15) is 5.75 Å². The second-order valence-corrected chi connectivity index (χ2v) is 13.1. The lowest BCUT2D eigenvalue weighted by molar-refractivity contribution is 0.0720. The minimum atomic E-state index is -3.18. The van der Waals surface area contributed by atoms with Gasteiger partial charge >= 0.3 is 0 Å². The van der Waals surface area contributed by atoms with E-state index < -0.39 is 9.84 Å². The van der Waals surface area contributed by atoms with Gasteiger partial charge in [0.2, 0.25) is 0 Å². The highest BCUT2D eigenvalue weighted by atomic mass is 32.2. The van der Waals surface area contributed by atoms with Crippen molar-refractivity contribution in [2.45, 2.75) is 66.7 Å². The van der Waals surface area contributed by atoms with Gasteiger partial charge in [-0.2, -0.15) is 0 Å². The number of sulfone groups is 1. The van der Waals surface area contributed by atoms with Gasteiger partial charge in [0.05, 0.1) is 24.7 Å². The van der Waals surface area contributed by atoms with Gasteiger partial charge in [-0.05, 0) is 53.7 Å². The molecule has 0 spiro atoms. The zero-order chi connectivity index (χ0) is 21.7. The summed E-state index contributed by atoms with van der Waals surface area (Å²) in [6, 6.07) is 8.00. The fourth-order valence-electron chi connectivity index (χ4n) is 3.26. The van der Waals surface area contributed by atoms with E-state index in [4.69, 9.17) is 9.47 Å². The molecule has 29 heavy (non-hydrogen) atoms. The largest absolute Gasteiger partial charge is 0.493 e. The predicted octanol–water partition coefficient (Wildman–Crippen LogP) is 5.47. The van der Waals surface area contributed by atoms with Crippen LogP contribution in [0.5, 0.6) is 5.75 Å². The van der Waals surface area contributed by atoms with Crippen molar-refractivity contribution in [3.8, 4) is 5.75 Å². The third-order valence-corrected chi connectivity index (χ3v) is 6.94. The average Bonchev–Trinajstić information content (AvgIpc) is 3.40. The first kappa shape index (κ1) is 24.2. The number of ether oxygens (including phenoxy) is 2. The number of hydrogen-bond acceptors (Lipinski definition) is 4. The van der Waals surface area contributed by atoms with E-state index in [1.807, 2.05) is 24.3 Å². The molecule has 0 aromatic heterocycles. The first-order chi connectivity index (χ1) is 13.4. The molecule has 0 aliphatic heterocycles. The fourth-order valence-corrected chi connectivity index (χ4v) is 5.19. The van der Waals surface area contributed by atoms with E-state index >= 15 is 0 Å². The lowest BCUT2D eigenvalue weighted by Crippen LogP contribution is -2.28. The molecule has 0 heterocycles. The standard InChI is InChI=1S/C24H40O4S/c1-23(2,3)18-27-13-8-14-29(25,26)17-22(24(4,5)6)20-9-7-10-21(15-20)28-16-19-11-12-19/h7,9-10,15,19,22H,8,11-14,16-18H2,1-6H3. The van der Waals surface area contributed by atoms with Gasteiger partial charge in [0, 0.05) is 12.5 Å². The van der Waals surface area contributed by atoms with Gasteiger partial charge in [-0.25, -0.2) is 8.42 Å². The Balaban J connectivity index is 1.98. The van der Waals surface area contributed by atoms with Crippen LogP contribution < -0.4 is 4.74 Å². The van der Waals surface area contributed by atoms with Gasteiger partial charge in [-0.3, -0.25) is 0 Å². The van der Waals surface area contributed by atoms with Gasteiger partial charge in [-0.15, -0.1) is 0 Å². The van der Waals surface area contributed by atoms with Crippen LogP contribution in [0.3, 0.4) is 0 Å². The molecule has 0 bridgehead atoms. The molecule has 0 radical (unpaired) electrons. The summed E-state index contributed by atoms with van der Waals surface area (Å²) in [5.74, 6) is 1.78. The molecule has 0 N–H and O–H groups in total. The zero-order valence-corrected chi connectivity index (χ0v) is 20.0. The van der Waals surface area contributed by atoms with Gasteiger partial charge < -0.3 is 9.47 Å². The Morgan fingerprint density at radius 3 is 2.38 bits per heavy atom. The molecule has 1 fully saturated rings. The average molecular weight is 425 g/mol. The van der Waals surface area contributed by atoms with Crippen molar-refractivity contribution in [1.82, 2.24) is 0 Å². The van der Waals surface area contributed by atoms with Crippen LogP contribution in [0.15, 0.2) is 24.3 Å². The predicted molar refractivity (Wildman–Crippen MR) is 120 cm³/mol. The SMILES string of the molecule is CC(C)(C)COCCCS(=O)(=O)CC(c1cccc(OCC2CC2)c1)C(C)(C)C. The van der Waals surface area contributed by atoms with E-state index in [-0.39, 0.29) is 28.3 Å². The Bertz CT molecular complexity index is 737. The summed E-state index contributed by atoms with van der Waals surface area (Å²) >= 11 is 0.